The third-order valence-corrected chi connectivity index (χ3v) is 5.12. The third-order valence-electron chi connectivity index (χ3n) is 4.26. The second-order valence-corrected chi connectivity index (χ2v) is 6.69. The number of carbonyl (C=O) groups excluding carboxylic acids is 2. The molecule has 0 N–H and O–H groups in total. The van der Waals surface area contributed by atoms with Gasteiger partial charge in [-0.1, -0.05) is 0 Å². The van der Waals surface area contributed by atoms with Crippen molar-refractivity contribution < 1.29 is 14.3 Å². The number of carbonyl (C=O) groups is 2. The van der Waals surface area contributed by atoms with Gasteiger partial charge >= 0.3 is 5.97 Å². The lowest BCUT2D eigenvalue weighted by molar-refractivity contribution is 0.0525. The van der Waals surface area contributed by atoms with Crippen molar-refractivity contribution in [2.75, 3.05) is 19.7 Å². The fourth-order valence-electron chi connectivity index (χ4n) is 2.96. The number of ether oxygens (including phenoxy) is 1. The molecule has 2 aromatic rings. The van der Waals surface area contributed by atoms with E-state index in [2.05, 4.69) is 5.10 Å². The molecule has 1 atom stereocenters. The molecule has 1 saturated heterocycles. The van der Waals surface area contributed by atoms with Crippen molar-refractivity contribution in [2.24, 2.45) is 0 Å². The first-order valence-corrected chi connectivity index (χ1v) is 9.07. The summed E-state index contributed by atoms with van der Waals surface area (Å²) in [5.41, 5.74) is 2.26. The van der Waals surface area contributed by atoms with E-state index >= 15 is 0 Å². The van der Waals surface area contributed by atoms with Gasteiger partial charge < -0.3 is 9.64 Å². The third kappa shape index (κ3) is 3.36. The van der Waals surface area contributed by atoms with Crippen LogP contribution in [0.5, 0.6) is 0 Å². The summed E-state index contributed by atoms with van der Waals surface area (Å²) in [6.07, 6.45) is 5.11. The van der Waals surface area contributed by atoms with Crippen molar-refractivity contribution in [2.45, 2.75) is 32.7 Å². The number of rotatable bonds is 4. The molecule has 7 heteroatoms. The summed E-state index contributed by atoms with van der Waals surface area (Å²) in [4.78, 5) is 26.3. The summed E-state index contributed by atoms with van der Waals surface area (Å²) >= 11 is 1.55. The molecule has 6 nitrogen and oxygen atoms in total. The van der Waals surface area contributed by atoms with Crippen LogP contribution in [0.3, 0.4) is 0 Å². The number of esters is 1. The maximum absolute atomic E-state index is 12.7. The molecule has 0 aromatic carbocycles. The first-order chi connectivity index (χ1) is 11.6. The van der Waals surface area contributed by atoms with Crippen LogP contribution < -0.4 is 0 Å². The van der Waals surface area contributed by atoms with Crippen LogP contribution in [0, 0.1) is 6.92 Å². The van der Waals surface area contributed by atoms with Crippen LogP contribution in [-0.4, -0.2) is 46.3 Å². The largest absolute Gasteiger partial charge is 0.462 e. The lowest BCUT2D eigenvalue weighted by Crippen LogP contribution is -2.40. The molecule has 3 heterocycles. The Morgan fingerprint density at radius 1 is 1.42 bits per heavy atom. The number of hydrogen-bond donors (Lipinski definition) is 0. The Kier molecular flexibility index (Phi) is 4.99. The van der Waals surface area contributed by atoms with E-state index in [0.717, 1.165) is 30.5 Å². The molecule has 0 spiro atoms. The first kappa shape index (κ1) is 16.7. The number of thiophene rings is 1. The maximum atomic E-state index is 12.7. The van der Waals surface area contributed by atoms with E-state index < -0.39 is 0 Å². The summed E-state index contributed by atoms with van der Waals surface area (Å²) in [6, 6.07) is 0.0878. The van der Waals surface area contributed by atoms with Gasteiger partial charge in [-0.2, -0.15) is 16.4 Å². The Hall–Kier alpha value is -2.15. The second-order valence-electron chi connectivity index (χ2n) is 5.95. The Morgan fingerprint density at radius 3 is 2.96 bits per heavy atom. The average molecular weight is 347 g/mol. The van der Waals surface area contributed by atoms with E-state index in [9.17, 15) is 9.59 Å². The Morgan fingerprint density at radius 2 is 2.25 bits per heavy atom. The molecule has 1 aliphatic rings. The average Bonchev–Trinajstić information content (AvgIpc) is 3.24. The van der Waals surface area contributed by atoms with Crippen LogP contribution in [0.2, 0.25) is 0 Å². The zero-order chi connectivity index (χ0) is 17.1. The van der Waals surface area contributed by atoms with Crippen LogP contribution in [0.15, 0.2) is 23.2 Å². The highest BCUT2D eigenvalue weighted by molar-refractivity contribution is 7.08. The minimum Gasteiger partial charge on any atom is -0.462 e. The van der Waals surface area contributed by atoms with Gasteiger partial charge in [-0.3, -0.25) is 9.48 Å². The second kappa shape index (κ2) is 7.17. The number of aromatic nitrogens is 2. The normalized spacial score (nSPS) is 17.8. The first-order valence-electron chi connectivity index (χ1n) is 8.13. The van der Waals surface area contributed by atoms with Gasteiger partial charge in [0.05, 0.1) is 30.0 Å². The highest BCUT2D eigenvalue weighted by atomic mass is 32.1. The number of nitrogens with zero attached hydrogens (tertiary/aromatic N) is 3. The van der Waals surface area contributed by atoms with E-state index in [0.29, 0.717) is 18.7 Å². The van der Waals surface area contributed by atoms with Crippen molar-refractivity contribution in [1.29, 1.82) is 0 Å². The molecule has 0 unspecified atom stereocenters. The van der Waals surface area contributed by atoms with Gasteiger partial charge in [0.25, 0.3) is 5.91 Å². The predicted octanol–water partition coefficient (Wildman–Crippen LogP) is 2.91. The van der Waals surface area contributed by atoms with Gasteiger partial charge in [0, 0.05) is 24.7 Å². The smallest absolute Gasteiger partial charge is 0.341 e. The fraction of sp³-hybridized carbons (Fsp3) is 0.471. The molecule has 128 valence electrons. The zero-order valence-electron chi connectivity index (χ0n) is 13.9. The van der Waals surface area contributed by atoms with Crippen LogP contribution >= 0.6 is 11.3 Å². The molecule has 1 amide bonds. The minimum absolute atomic E-state index is 0.0798. The molecular formula is C17H21N3O3S. The van der Waals surface area contributed by atoms with E-state index in [1.54, 1.807) is 29.1 Å². The Balaban J connectivity index is 1.71. The number of likely N-dealkylation sites (tertiary alicyclic amines) is 1. The van der Waals surface area contributed by atoms with Gasteiger partial charge in [0.2, 0.25) is 0 Å². The summed E-state index contributed by atoms with van der Waals surface area (Å²) in [5, 5.41) is 8.20. The molecule has 1 aliphatic heterocycles. The summed E-state index contributed by atoms with van der Waals surface area (Å²) in [7, 11) is 0. The van der Waals surface area contributed by atoms with Crippen molar-refractivity contribution in [1.82, 2.24) is 14.7 Å². The molecule has 24 heavy (non-hydrogen) atoms. The molecular weight excluding hydrogens is 326 g/mol. The van der Waals surface area contributed by atoms with E-state index in [4.69, 9.17) is 4.74 Å². The zero-order valence-corrected chi connectivity index (χ0v) is 14.7. The van der Waals surface area contributed by atoms with E-state index in [1.807, 2.05) is 22.6 Å². The van der Waals surface area contributed by atoms with Crippen molar-refractivity contribution >= 4 is 23.2 Å². The minimum atomic E-state index is -0.360. The van der Waals surface area contributed by atoms with Crippen LogP contribution in [0.25, 0.3) is 0 Å². The quantitative estimate of drug-likeness (QED) is 0.798. The van der Waals surface area contributed by atoms with Gasteiger partial charge in [-0.05, 0) is 37.6 Å². The van der Waals surface area contributed by atoms with Gasteiger partial charge in [-0.25, -0.2) is 4.79 Å². The van der Waals surface area contributed by atoms with Crippen LogP contribution in [0.4, 0.5) is 0 Å². The molecule has 0 saturated carbocycles. The van der Waals surface area contributed by atoms with Gasteiger partial charge in [-0.15, -0.1) is 0 Å². The maximum Gasteiger partial charge on any atom is 0.341 e. The number of aryl methyl sites for hydroxylation is 1. The summed E-state index contributed by atoms with van der Waals surface area (Å²) < 4.78 is 6.78. The SMILES string of the molecule is CCOC(=O)c1cnn([C@H]2CCCN(C(=O)c3cscc3C)C2)c1. The topological polar surface area (TPSA) is 64.4 Å². The van der Waals surface area contributed by atoms with Crippen molar-refractivity contribution in [3.63, 3.8) is 0 Å². The Bertz CT molecular complexity index is 737. The molecule has 0 aliphatic carbocycles. The fourth-order valence-corrected chi connectivity index (χ4v) is 3.78. The molecule has 3 rings (SSSR count). The standard InChI is InChI=1S/C17H21N3O3S/c1-3-23-17(22)13-7-18-20(8-13)14-5-4-6-19(9-14)16(21)15-11-24-10-12(15)2/h7-8,10-11,14H,3-6,9H2,1-2H3/t14-/m0/s1. The van der Waals surface area contributed by atoms with E-state index in [1.165, 1.54) is 6.20 Å². The summed E-state index contributed by atoms with van der Waals surface area (Å²) in [5.74, 6) is -0.280. The number of piperidine rings is 1. The van der Waals surface area contributed by atoms with E-state index in [-0.39, 0.29) is 17.9 Å². The molecule has 0 bridgehead atoms. The molecule has 1 fully saturated rings. The molecule has 2 aromatic heterocycles. The monoisotopic (exact) mass is 347 g/mol. The molecule has 0 radical (unpaired) electrons. The van der Waals surface area contributed by atoms with Crippen LogP contribution in [0.1, 0.15) is 52.1 Å². The lowest BCUT2D eigenvalue weighted by atomic mass is 10.0. The highest BCUT2D eigenvalue weighted by Gasteiger charge is 2.27. The Labute approximate surface area is 145 Å². The highest BCUT2D eigenvalue weighted by Crippen LogP contribution is 2.24. The predicted molar refractivity (Wildman–Crippen MR) is 91.4 cm³/mol. The number of amides is 1. The number of hydrogen-bond acceptors (Lipinski definition) is 5. The van der Waals surface area contributed by atoms with Gasteiger partial charge in [0.1, 0.15) is 0 Å². The van der Waals surface area contributed by atoms with Crippen molar-refractivity contribution in [3.05, 3.63) is 39.8 Å². The van der Waals surface area contributed by atoms with Gasteiger partial charge in [0.15, 0.2) is 0 Å². The van der Waals surface area contributed by atoms with Crippen LogP contribution in [-0.2, 0) is 4.74 Å². The summed E-state index contributed by atoms with van der Waals surface area (Å²) in [6.45, 7) is 5.45. The lowest BCUT2D eigenvalue weighted by Gasteiger charge is -2.33. The van der Waals surface area contributed by atoms with Crippen molar-refractivity contribution in [3.8, 4) is 0 Å².